The molecule has 0 radical (unpaired) electrons. The summed E-state index contributed by atoms with van der Waals surface area (Å²) in [5, 5.41) is 6.47. The van der Waals surface area contributed by atoms with E-state index in [-0.39, 0.29) is 12.3 Å². The molecule has 0 aliphatic carbocycles. The van der Waals surface area contributed by atoms with Crippen LogP contribution < -0.4 is 11.1 Å². The Balaban J connectivity index is 1.77. The van der Waals surface area contributed by atoms with E-state index < -0.39 is 0 Å². The maximum absolute atomic E-state index is 11.7. The zero-order chi connectivity index (χ0) is 13.7. The number of hydrogen-bond acceptors (Lipinski definition) is 5. The number of anilines is 1. The number of carbonyl (C=O) groups excluding carboxylic acids is 1. The van der Waals surface area contributed by atoms with Crippen LogP contribution in [0.1, 0.15) is 17.3 Å². The first-order chi connectivity index (χ1) is 9.15. The molecule has 0 aliphatic rings. The first kappa shape index (κ1) is 13.1. The summed E-state index contributed by atoms with van der Waals surface area (Å²) in [5.41, 5.74) is 7.24. The summed E-state index contributed by atoms with van der Waals surface area (Å²) in [5.74, 6) is 1.05. The van der Waals surface area contributed by atoms with Gasteiger partial charge in [-0.2, -0.15) is 4.98 Å². The highest BCUT2D eigenvalue weighted by molar-refractivity contribution is 5.80. The number of para-hydroxylation sites is 1. The second-order valence-corrected chi connectivity index (χ2v) is 4.21. The predicted molar refractivity (Wildman–Crippen MR) is 70.3 cm³/mol. The smallest absolute Gasteiger partial charge is 0.228 e. The van der Waals surface area contributed by atoms with E-state index in [4.69, 9.17) is 10.3 Å². The number of carbonyl (C=O) groups is 1. The van der Waals surface area contributed by atoms with Gasteiger partial charge in [0, 0.05) is 18.7 Å². The zero-order valence-electron chi connectivity index (χ0n) is 10.7. The van der Waals surface area contributed by atoms with E-state index in [0.29, 0.717) is 30.4 Å². The molecule has 0 unspecified atom stereocenters. The van der Waals surface area contributed by atoms with Crippen LogP contribution in [0.3, 0.4) is 0 Å². The van der Waals surface area contributed by atoms with Crippen LogP contribution in [0.25, 0.3) is 0 Å². The number of hydrogen-bond donors (Lipinski definition) is 2. The molecule has 1 aromatic carbocycles. The Morgan fingerprint density at radius 2 is 2.21 bits per heavy atom. The zero-order valence-corrected chi connectivity index (χ0v) is 10.7. The van der Waals surface area contributed by atoms with Crippen LogP contribution in [-0.2, 0) is 17.6 Å². The molecule has 2 aromatic rings. The third kappa shape index (κ3) is 3.80. The summed E-state index contributed by atoms with van der Waals surface area (Å²) < 4.78 is 4.95. The largest absolute Gasteiger partial charge is 0.398 e. The van der Waals surface area contributed by atoms with Gasteiger partial charge in [0.05, 0.1) is 6.42 Å². The van der Waals surface area contributed by atoms with Gasteiger partial charge in [-0.1, -0.05) is 23.4 Å². The van der Waals surface area contributed by atoms with Crippen molar-refractivity contribution >= 4 is 11.6 Å². The number of rotatable bonds is 5. The van der Waals surface area contributed by atoms with Gasteiger partial charge in [0.2, 0.25) is 11.8 Å². The summed E-state index contributed by atoms with van der Waals surface area (Å²) in [6.45, 7) is 2.22. The highest BCUT2D eigenvalue weighted by Crippen LogP contribution is 2.10. The molecule has 100 valence electrons. The Hall–Kier alpha value is -2.37. The second kappa shape index (κ2) is 5.99. The standard InChI is InChI=1S/C13H16N4O2/c1-9-16-13(19-17-9)6-7-15-12(18)8-10-4-2-3-5-11(10)14/h2-5H,6-8,14H2,1H3,(H,15,18). The van der Waals surface area contributed by atoms with Gasteiger partial charge in [-0.15, -0.1) is 0 Å². The van der Waals surface area contributed by atoms with Crippen molar-refractivity contribution in [1.82, 2.24) is 15.5 Å². The van der Waals surface area contributed by atoms with Crippen molar-refractivity contribution in [2.24, 2.45) is 0 Å². The van der Waals surface area contributed by atoms with Crippen molar-refractivity contribution < 1.29 is 9.32 Å². The van der Waals surface area contributed by atoms with Crippen LogP contribution in [0, 0.1) is 6.92 Å². The molecule has 1 heterocycles. The highest BCUT2D eigenvalue weighted by Gasteiger charge is 2.07. The lowest BCUT2D eigenvalue weighted by atomic mass is 10.1. The molecule has 0 aliphatic heterocycles. The van der Waals surface area contributed by atoms with E-state index in [1.54, 1.807) is 13.0 Å². The molecule has 1 aromatic heterocycles. The van der Waals surface area contributed by atoms with Gasteiger partial charge in [-0.25, -0.2) is 0 Å². The lowest BCUT2D eigenvalue weighted by Crippen LogP contribution is -2.27. The Kier molecular flexibility index (Phi) is 4.12. The van der Waals surface area contributed by atoms with E-state index in [0.717, 1.165) is 5.56 Å². The number of nitrogens with zero attached hydrogens (tertiary/aromatic N) is 2. The molecule has 1 amide bonds. The maximum atomic E-state index is 11.7. The Labute approximate surface area is 111 Å². The number of aryl methyl sites for hydroxylation is 1. The van der Waals surface area contributed by atoms with Crippen LogP contribution in [-0.4, -0.2) is 22.6 Å². The fourth-order valence-corrected chi connectivity index (χ4v) is 1.68. The van der Waals surface area contributed by atoms with Crippen molar-refractivity contribution in [2.45, 2.75) is 19.8 Å². The summed E-state index contributed by atoms with van der Waals surface area (Å²) in [6, 6.07) is 7.33. The van der Waals surface area contributed by atoms with Crippen LogP contribution in [0.4, 0.5) is 5.69 Å². The number of nitrogens with two attached hydrogens (primary N) is 1. The minimum Gasteiger partial charge on any atom is -0.398 e. The fourth-order valence-electron chi connectivity index (χ4n) is 1.68. The molecule has 3 N–H and O–H groups in total. The molecular weight excluding hydrogens is 244 g/mol. The Morgan fingerprint density at radius 3 is 2.89 bits per heavy atom. The Morgan fingerprint density at radius 1 is 1.42 bits per heavy atom. The molecule has 0 atom stereocenters. The monoisotopic (exact) mass is 260 g/mol. The first-order valence-electron chi connectivity index (χ1n) is 6.04. The quantitative estimate of drug-likeness (QED) is 0.778. The molecule has 19 heavy (non-hydrogen) atoms. The number of nitrogen functional groups attached to an aromatic ring is 1. The van der Waals surface area contributed by atoms with Crippen molar-refractivity contribution in [3.63, 3.8) is 0 Å². The molecule has 6 nitrogen and oxygen atoms in total. The molecular formula is C13H16N4O2. The molecule has 0 saturated carbocycles. The summed E-state index contributed by atoms with van der Waals surface area (Å²) in [6.07, 6.45) is 0.798. The topological polar surface area (TPSA) is 94.0 Å². The predicted octanol–water partition coefficient (Wildman–Crippen LogP) is 0.862. The van der Waals surface area contributed by atoms with E-state index in [1.165, 1.54) is 0 Å². The number of nitrogens with one attached hydrogen (secondary N) is 1. The van der Waals surface area contributed by atoms with Gasteiger partial charge in [0.1, 0.15) is 0 Å². The van der Waals surface area contributed by atoms with Crippen molar-refractivity contribution in [3.8, 4) is 0 Å². The van der Waals surface area contributed by atoms with Crippen LogP contribution in [0.5, 0.6) is 0 Å². The van der Waals surface area contributed by atoms with Crippen LogP contribution in [0.2, 0.25) is 0 Å². The molecule has 0 fully saturated rings. The average Bonchev–Trinajstić information content (AvgIpc) is 2.78. The van der Waals surface area contributed by atoms with Crippen molar-refractivity contribution in [2.75, 3.05) is 12.3 Å². The van der Waals surface area contributed by atoms with Gasteiger partial charge in [-0.3, -0.25) is 4.79 Å². The fraction of sp³-hybridized carbons (Fsp3) is 0.308. The van der Waals surface area contributed by atoms with Crippen LogP contribution >= 0.6 is 0 Å². The molecule has 0 spiro atoms. The number of benzene rings is 1. The number of amides is 1. The van der Waals surface area contributed by atoms with Crippen molar-refractivity contribution in [1.29, 1.82) is 0 Å². The van der Waals surface area contributed by atoms with Gasteiger partial charge in [0.15, 0.2) is 5.82 Å². The van der Waals surface area contributed by atoms with Crippen LogP contribution in [0.15, 0.2) is 28.8 Å². The summed E-state index contributed by atoms with van der Waals surface area (Å²) in [4.78, 5) is 15.8. The van der Waals surface area contributed by atoms with E-state index in [2.05, 4.69) is 15.5 Å². The van der Waals surface area contributed by atoms with Gasteiger partial charge >= 0.3 is 0 Å². The Bertz CT molecular complexity index is 565. The molecule has 0 saturated heterocycles. The normalized spacial score (nSPS) is 10.4. The minimum absolute atomic E-state index is 0.0749. The minimum atomic E-state index is -0.0749. The third-order valence-electron chi connectivity index (χ3n) is 2.64. The average molecular weight is 260 g/mol. The summed E-state index contributed by atoms with van der Waals surface area (Å²) >= 11 is 0. The van der Waals surface area contributed by atoms with Gasteiger partial charge in [-0.05, 0) is 18.6 Å². The van der Waals surface area contributed by atoms with Gasteiger partial charge < -0.3 is 15.6 Å². The highest BCUT2D eigenvalue weighted by atomic mass is 16.5. The van der Waals surface area contributed by atoms with E-state index in [1.807, 2.05) is 18.2 Å². The SMILES string of the molecule is Cc1noc(CCNC(=O)Cc2ccccc2N)n1. The van der Waals surface area contributed by atoms with Crippen molar-refractivity contribution in [3.05, 3.63) is 41.5 Å². The van der Waals surface area contributed by atoms with Gasteiger partial charge in [0.25, 0.3) is 0 Å². The second-order valence-electron chi connectivity index (χ2n) is 4.21. The molecule has 6 heteroatoms. The molecule has 0 bridgehead atoms. The lowest BCUT2D eigenvalue weighted by Gasteiger charge is -2.05. The maximum Gasteiger partial charge on any atom is 0.228 e. The first-order valence-corrected chi connectivity index (χ1v) is 6.04. The van der Waals surface area contributed by atoms with E-state index in [9.17, 15) is 4.79 Å². The third-order valence-corrected chi connectivity index (χ3v) is 2.64. The number of aromatic nitrogens is 2. The van der Waals surface area contributed by atoms with E-state index >= 15 is 0 Å². The lowest BCUT2D eigenvalue weighted by molar-refractivity contribution is -0.120. The summed E-state index contributed by atoms with van der Waals surface area (Å²) in [7, 11) is 0. The molecule has 2 rings (SSSR count).